The van der Waals surface area contributed by atoms with E-state index in [1.54, 1.807) is 29.6 Å². The van der Waals surface area contributed by atoms with Crippen LogP contribution in [0.4, 0.5) is 11.6 Å². The minimum Gasteiger partial charge on any atom is -0.389 e. The number of sulfonamides is 1. The van der Waals surface area contributed by atoms with Crippen LogP contribution in [0.15, 0.2) is 52.9 Å². The van der Waals surface area contributed by atoms with Crippen molar-refractivity contribution in [1.29, 1.82) is 0 Å². The summed E-state index contributed by atoms with van der Waals surface area (Å²) in [6.07, 6.45) is 4.82. The Bertz CT molecular complexity index is 1180. The van der Waals surface area contributed by atoms with Gasteiger partial charge in [-0.2, -0.15) is 4.31 Å². The van der Waals surface area contributed by atoms with Gasteiger partial charge >= 0.3 is 0 Å². The summed E-state index contributed by atoms with van der Waals surface area (Å²) in [5.74, 6) is 0.408. The van der Waals surface area contributed by atoms with Crippen LogP contribution < -0.4 is 5.32 Å². The highest BCUT2D eigenvalue weighted by atomic mass is 32.2. The molecule has 2 aromatic heterocycles. The maximum absolute atomic E-state index is 13.3. The van der Waals surface area contributed by atoms with Crippen molar-refractivity contribution in [2.24, 2.45) is 0 Å². The Morgan fingerprint density at radius 2 is 2.09 bits per heavy atom. The van der Waals surface area contributed by atoms with E-state index >= 15 is 0 Å². The second kappa shape index (κ2) is 9.66. The Morgan fingerprint density at radius 3 is 2.88 bits per heavy atom. The summed E-state index contributed by atoms with van der Waals surface area (Å²) < 4.78 is 28.6. The average molecular weight is 473 g/mol. The highest BCUT2D eigenvalue weighted by Crippen LogP contribution is 2.34. The fourth-order valence-corrected chi connectivity index (χ4v) is 7.14. The summed E-state index contributed by atoms with van der Waals surface area (Å²) in [6, 6.07) is 12.8. The molecule has 0 bridgehead atoms. The molecule has 0 saturated carbocycles. The molecule has 32 heavy (non-hydrogen) atoms. The molecule has 1 aliphatic rings. The molecule has 2 N–H and O–H groups in total. The predicted molar refractivity (Wildman–Crippen MR) is 128 cm³/mol. The number of benzene rings is 1. The van der Waals surface area contributed by atoms with Crippen molar-refractivity contribution in [2.75, 3.05) is 11.9 Å². The number of nitrogens with zero attached hydrogens (tertiary/aromatic N) is 3. The molecule has 3 aromatic rings. The SMILES string of the molecule is CCC1CCCCN1S(=O)(=O)c1ccc(-c2ccnc(Nc3cccc(C(C)O)c3)n2)s1. The first-order chi connectivity index (χ1) is 15.4. The van der Waals surface area contributed by atoms with Gasteiger partial charge in [0.2, 0.25) is 5.95 Å². The van der Waals surface area contributed by atoms with Gasteiger partial charge in [0.05, 0.1) is 16.7 Å². The number of thiophene rings is 1. The van der Waals surface area contributed by atoms with Crippen molar-refractivity contribution in [3.05, 3.63) is 54.2 Å². The number of rotatable bonds is 7. The maximum Gasteiger partial charge on any atom is 0.252 e. The lowest BCUT2D eigenvalue weighted by Gasteiger charge is -2.33. The molecule has 170 valence electrons. The number of piperidine rings is 1. The molecule has 0 aliphatic carbocycles. The van der Waals surface area contributed by atoms with Crippen molar-refractivity contribution in [3.8, 4) is 10.6 Å². The predicted octanol–water partition coefficient (Wildman–Crippen LogP) is 4.96. The van der Waals surface area contributed by atoms with Gasteiger partial charge in [-0.05, 0) is 62.1 Å². The topological polar surface area (TPSA) is 95.4 Å². The number of anilines is 2. The smallest absolute Gasteiger partial charge is 0.252 e. The summed E-state index contributed by atoms with van der Waals surface area (Å²) in [5.41, 5.74) is 2.22. The van der Waals surface area contributed by atoms with Crippen LogP contribution in [0.2, 0.25) is 0 Å². The molecule has 4 rings (SSSR count). The number of hydrogen-bond donors (Lipinski definition) is 2. The zero-order valence-electron chi connectivity index (χ0n) is 18.2. The number of aromatic nitrogens is 2. The van der Waals surface area contributed by atoms with Crippen LogP contribution in [0.1, 0.15) is 51.2 Å². The van der Waals surface area contributed by atoms with Crippen LogP contribution in [-0.2, 0) is 10.0 Å². The summed E-state index contributed by atoms with van der Waals surface area (Å²) in [6.45, 7) is 4.34. The molecule has 7 nitrogen and oxygen atoms in total. The summed E-state index contributed by atoms with van der Waals surface area (Å²) >= 11 is 1.24. The van der Waals surface area contributed by atoms with Gasteiger partial charge < -0.3 is 10.4 Å². The van der Waals surface area contributed by atoms with Gasteiger partial charge in [-0.1, -0.05) is 25.5 Å². The van der Waals surface area contributed by atoms with E-state index in [9.17, 15) is 13.5 Å². The Morgan fingerprint density at radius 1 is 1.25 bits per heavy atom. The van der Waals surface area contributed by atoms with Crippen LogP contribution in [0.3, 0.4) is 0 Å². The molecule has 2 atom stereocenters. The molecule has 2 unspecified atom stereocenters. The molecule has 1 saturated heterocycles. The third-order valence-corrected chi connectivity index (χ3v) is 9.25. The van der Waals surface area contributed by atoms with E-state index in [-0.39, 0.29) is 6.04 Å². The Kier molecular flexibility index (Phi) is 6.90. The van der Waals surface area contributed by atoms with Crippen LogP contribution >= 0.6 is 11.3 Å². The Labute approximate surface area is 193 Å². The molecule has 1 aromatic carbocycles. The highest BCUT2D eigenvalue weighted by Gasteiger charge is 2.33. The van der Waals surface area contributed by atoms with Crippen molar-refractivity contribution in [2.45, 2.75) is 55.9 Å². The molecule has 9 heteroatoms. The number of aliphatic hydroxyl groups is 1. The third-order valence-electron chi connectivity index (χ3n) is 5.72. The van der Waals surface area contributed by atoms with E-state index < -0.39 is 16.1 Å². The summed E-state index contributed by atoms with van der Waals surface area (Å²) in [4.78, 5) is 9.62. The summed E-state index contributed by atoms with van der Waals surface area (Å²) in [5, 5.41) is 12.9. The molecule has 1 aliphatic heterocycles. The second-order valence-corrected chi connectivity index (χ2v) is 11.2. The van der Waals surface area contributed by atoms with Crippen molar-refractivity contribution >= 4 is 33.0 Å². The van der Waals surface area contributed by atoms with Crippen LogP contribution in [0, 0.1) is 0 Å². The van der Waals surface area contributed by atoms with Crippen molar-refractivity contribution < 1.29 is 13.5 Å². The fraction of sp³-hybridized carbons (Fsp3) is 0.391. The number of hydrogen-bond acceptors (Lipinski definition) is 7. The normalized spacial score (nSPS) is 18.4. The third kappa shape index (κ3) is 4.85. The largest absolute Gasteiger partial charge is 0.389 e. The lowest BCUT2D eigenvalue weighted by Crippen LogP contribution is -2.42. The molecule has 3 heterocycles. The first-order valence-corrected chi connectivity index (χ1v) is 13.1. The van der Waals surface area contributed by atoms with Gasteiger partial charge in [-0.15, -0.1) is 11.3 Å². The van der Waals surface area contributed by atoms with E-state index in [0.29, 0.717) is 22.4 Å². The van der Waals surface area contributed by atoms with Gasteiger partial charge in [0.1, 0.15) is 4.21 Å². The average Bonchev–Trinajstić information content (AvgIpc) is 3.31. The number of aliphatic hydroxyl groups excluding tert-OH is 1. The monoisotopic (exact) mass is 472 g/mol. The fourth-order valence-electron chi connectivity index (χ4n) is 3.97. The zero-order valence-corrected chi connectivity index (χ0v) is 19.9. The minimum absolute atomic E-state index is 0.0755. The Balaban J connectivity index is 1.56. The quantitative estimate of drug-likeness (QED) is 0.505. The lowest BCUT2D eigenvalue weighted by atomic mass is 10.0. The molecule has 1 fully saturated rings. The van der Waals surface area contributed by atoms with Gasteiger partial charge in [0.25, 0.3) is 10.0 Å². The zero-order chi connectivity index (χ0) is 22.7. The van der Waals surface area contributed by atoms with Gasteiger partial charge in [-0.25, -0.2) is 18.4 Å². The van der Waals surface area contributed by atoms with Gasteiger partial charge in [0.15, 0.2) is 0 Å². The van der Waals surface area contributed by atoms with Crippen molar-refractivity contribution in [3.63, 3.8) is 0 Å². The molecular weight excluding hydrogens is 444 g/mol. The van der Waals surface area contributed by atoms with E-state index in [2.05, 4.69) is 15.3 Å². The van der Waals surface area contributed by atoms with E-state index in [1.807, 2.05) is 37.3 Å². The van der Waals surface area contributed by atoms with Crippen LogP contribution in [0.25, 0.3) is 10.6 Å². The van der Waals surface area contributed by atoms with E-state index in [4.69, 9.17) is 0 Å². The standard InChI is InChI=1S/C23H28N4O3S2/c1-3-19-9-4-5-14-27(19)32(29,30)22-11-10-21(31-22)20-12-13-24-23(26-20)25-18-8-6-7-17(15-18)16(2)28/h6-8,10-13,15-16,19,28H,3-5,9,14H2,1-2H3,(H,24,25,26). The Hall–Kier alpha value is -2.33. The highest BCUT2D eigenvalue weighted by molar-refractivity contribution is 7.91. The molecule has 0 amide bonds. The lowest BCUT2D eigenvalue weighted by molar-refractivity contribution is 0.199. The van der Waals surface area contributed by atoms with Crippen molar-refractivity contribution in [1.82, 2.24) is 14.3 Å². The molecule has 0 spiro atoms. The second-order valence-electron chi connectivity index (χ2n) is 7.98. The van der Waals surface area contributed by atoms with E-state index in [1.165, 1.54) is 11.3 Å². The first-order valence-electron chi connectivity index (χ1n) is 10.9. The van der Waals surface area contributed by atoms with Gasteiger partial charge in [0, 0.05) is 24.5 Å². The summed E-state index contributed by atoms with van der Waals surface area (Å²) in [7, 11) is -3.51. The number of nitrogens with one attached hydrogen (secondary N) is 1. The maximum atomic E-state index is 13.3. The van der Waals surface area contributed by atoms with Crippen LogP contribution in [0.5, 0.6) is 0 Å². The van der Waals surface area contributed by atoms with Gasteiger partial charge in [-0.3, -0.25) is 0 Å². The molecule has 0 radical (unpaired) electrons. The minimum atomic E-state index is -3.51. The first kappa shape index (κ1) is 22.8. The van der Waals surface area contributed by atoms with Crippen LogP contribution in [-0.4, -0.2) is 40.4 Å². The molecular formula is C23H28N4O3S2. The van der Waals surface area contributed by atoms with E-state index in [0.717, 1.165) is 41.8 Å².